The third kappa shape index (κ3) is 4.13. The molecule has 0 aliphatic carbocycles. The summed E-state index contributed by atoms with van der Waals surface area (Å²) in [6.07, 6.45) is -2.80. The van der Waals surface area contributed by atoms with Gasteiger partial charge in [-0.3, -0.25) is 4.79 Å². The summed E-state index contributed by atoms with van der Waals surface area (Å²) < 4.78 is 10.6. The lowest BCUT2D eigenvalue weighted by Crippen LogP contribution is -2.52. The van der Waals surface area contributed by atoms with Crippen LogP contribution in [0.4, 0.5) is 5.69 Å². The zero-order chi connectivity index (χ0) is 21.0. The zero-order valence-electron chi connectivity index (χ0n) is 16.6. The predicted molar refractivity (Wildman–Crippen MR) is 108 cm³/mol. The van der Waals surface area contributed by atoms with Gasteiger partial charge in [-0.25, -0.2) is 0 Å². The van der Waals surface area contributed by atoms with Gasteiger partial charge in [0.2, 0.25) is 0 Å². The number of anilines is 1. The van der Waals surface area contributed by atoms with Gasteiger partial charge >= 0.3 is 0 Å². The van der Waals surface area contributed by atoms with Crippen molar-refractivity contribution < 1.29 is 29.6 Å². The Hall–Kier alpha value is -2.45. The molecule has 7 heteroatoms. The molecule has 0 bridgehead atoms. The Kier molecular flexibility index (Phi) is 6.54. The van der Waals surface area contributed by atoms with E-state index in [0.717, 1.165) is 18.8 Å². The molecule has 1 aliphatic heterocycles. The van der Waals surface area contributed by atoms with Gasteiger partial charge in [0, 0.05) is 30.4 Å². The van der Waals surface area contributed by atoms with Crippen molar-refractivity contribution in [3.05, 3.63) is 59.7 Å². The molecule has 29 heavy (non-hydrogen) atoms. The van der Waals surface area contributed by atoms with Crippen LogP contribution in [0.15, 0.2) is 48.5 Å². The van der Waals surface area contributed by atoms with Crippen LogP contribution in [0, 0.1) is 0 Å². The van der Waals surface area contributed by atoms with E-state index >= 15 is 0 Å². The number of rotatable bonds is 7. The molecule has 0 saturated carbocycles. The van der Waals surface area contributed by atoms with Crippen molar-refractivity contribution in [2.24, 2.45) is 0 Å². The fourth-order valence-electron chi connectivity index (χ4n) is 3.62. The zero-order valence-corrected chi connectivity index (χ0v) is 16.6. The highest BCUT2D eigenvalue weighted by Crippen LogP contribution is 2.41. The summed E-state index contributed by atoms with van der Waals surface area (Å²) in [5.41, 5.74) is -0.728. The summed E-state index contributed by atoms with van der Waals surface area (Å²) in [6, 6.07) is 13.5. The number of benzene rings is 2. The number of aromatic hydroxyl groups is 1. The fraction of sp³-hybridized carbons (Fsp3) is 0.409. The van der Waals surface area contributed by atoms with E-state index < -0.39 is 18.0 Å². The van der Waals surface area contributed by atoms with Crippen LogP contribution in [0.5, 0.6) is 5.75 Å². The van der Waals surface area contributed by atoms with E-state index in [4.69, 9.17) is 9.47 Å². The maximum atomic E-state index is 11.7. The highest BCUT2D eigenvalue weighted by atomic mass is 16.7. The Morgan fingerprint density at radius 1 is 1.10 bits per heavy atom. The maximum Gasteiger partial charge on any atom is 0.188 e. The number of aliphatic hydroxyl groups is 2. The number of aliphatic hydroxyl groups excluding tert-OH is 1. The molecule has 156 valence electrons. The number of Topliss-reactive ketones (excluding diaryl/α,β-unsaturated/α-hetero) is 1. The molecule has 2 unspecified atom stereocenters. The second kappa shape index (κ2) is 8.92. The van der Waals surface area contributed by atoms with Crippen molar-refractivity contribution >= 4 is 11.5 Å². The van der Waals surface area contributed by atoms with Crippen molar-refractivity contribution in [2.75, 3.05) is 31.2 Å². The molecule has 1 fully saturated rings. The summed E-state index contributed by atoms with van der Waals surface area (Å²) in [5.74, 6) is -0.408. The van der Waals surface area contributed by atoms with Gasteiger partial charge in [-0.05, 0) is 31.5 Å². The third-order valence-corrected chi connectivity index (χ3v) is 5.24. The van der Waals surface area contributed by atoms with E-state index in [0.29, 0.717) is 5.56 Å². The first-order valence-corrected chi connectivity index (χ1v) is 9.71. The van der Waals surface area contributed by atoms with Gasteiger partial charge < -0.3 is 29.7 Å². The Labute approximate surface area is 170 Å². The van der Waals surface area contributed by atoms with E-state index in [-0.39, 0.29) is 30.3 Å². The standard InChI is InChI=1S/C22H27NO6/c1-3-23(4-2)16-10-11-18(19(25)12-16)22(27,15-8-6-5-7-9-15)20(26)21-28-13-17(24)14-29-21/h5-12,20-21,25-27H,3-4,13-14H2,1-2H3. The molecule has 0 radical (unpaired) electrons. The molecule has 0 spiro atoms. The maximum absolute atomic E-state index is 11.7. The van der Waals surface area contributed by atoms with Crippen molar-refractivity contribution in [1.29, 1.82) is 0 Å². The van der Waals surface area contributed by atoms with Crippen LogP contribution < -0.4 is 4.90 Å². The summed E-state index contributed by atoms with van der Waals surface area (Å²) in [7, 11) is 0. The average Bonchev–Trinajstić information content (AvgIpc) is 2.75. The highest BCUT2D eigenvalue weighted by Gasteiger charge is 2.47. The van der Waals surface area contributed by atoms with Gasteiger partial charge in [-0.1, -0.05) is 30.3 Å². The summed E-state index contributed by atoms with van der Waals surface area (Å²) >= 11 is 0. The molecule has 2 atom stereocenters. The van der Waals surface area contributed by atoms with Gasteiger partial charge in [0.15, 0.2) is 12.1 Å². The van der Waals surface area contributed by atoms with E-state index in [9.17, 15) is 20.1 Å². The summed E-state index contributed by atoms with van der Waals surface area (Å²) in [5, 5.41) is 33.5. The molecule has 0 amide bonds. The number of carbonyl (C=O) groups is 1. The Bertz CT molecular complexity index is 828. The Balaban J connectivity index is 2.05. The van der Waals surface area contributed by atoms with Crippen LogP contribution in [0.1, 0.15) is 25.0 Å². The number of nitrogens with zero attached hydrogens (tertiary/aromatic N) is 1. The number of ketones is 1. The lowest BCUT2D eigenvalue weighted by atomic mass is 9.80. The largest absolute Gasteiger partial charge is 0.507 e. The first-order chi connectivity index (χ1) is 13.9. The van der Waals surface area contributed by atoms with Crippen molar-refractivity contribution in [2.45, 2.75) is 31.8 Å². The molecule has 2 aromatic carbocycles. The monoisotopic (exact) mass is 401 g/mol. The number of hydrogen-bond acceptors (Lipinski definition) is 7. The lowest BCUT2D eigenvalue weighted by Gasteiger charge is -2.39. The quantitative estimate of drug-likeness (QED) is 0.650. The minimum Gasteiger partial charge on any atom is -0.507 e. The third-order valence-electron chi connectivity index (χ3n) is 5.24. The number of phenolic OH excluding ortho intramolecular Hbond substituents is 1. The summed E-state index contributed by atoms with van der Waals surface area (Å²) in [6.45, 7) is 5.13. The minimum atomic E-state index is -2.02. The van der Waals surface area contributed by atoms with Crippen LogP contribution in [-0.4, -0.2) is 59.8 Å². The Morgan fingerprint density at radius 3 is 2.28 bits per heavy atom. The van der Waals surface area contributed by atoms with E-state index in [2.05, 4.69) is 4.90 Å². The average molecular weight is 401 g/mol. The second-order valence-corrected chi connectivity index (χ2v) is 6.98. The smallest absolute Gasteiger partial charge is 0.188 e. The first-order valence-electron chi connectivity index (χ1n) is 9.71. The molecule has 0 aromatic heterocycles. The summed E-state index contributed by atoms with van der Waals surface area (Å²) in [4.78, 5) is 13.5. The van der Waals surface area contributed by atoms with Gasteiger partial charge in [0.25, 0.3) is 0 Å². The van der Waals surface area contributed by atoms with Crippen LogP contribution in [0.25, 0.3) is 0 Å². The molecule has 2 aromatic rings. The number of carbonyl (C=O) groups excluding carboxylic acids is 1. The topological polar surface area (TPSA) is 99.5 Å². The van der Waals surface area contributed by atoms with Gasteiger partial charge in [0.05, 0.1) is 0 Å². The van der Waals surface area contributed by atoms with Gasteiger partial charge in [0.1, 0.15) is 30.7 Å². The van der Waals surface area contributed by atoms with Crippen LogP contribution >= 0.6 is 0 Å². The highest BCUT2D eigenvalue weighted by molar-refractivity contribution is 5.81. The first kappa shape index (κ1) is 21.3. The fourth-order valence-corrected chi connectivity index (χ4v) is 3.62. The molecule has 3 rings (SSSR count). The molecular weight excluding hydrogens is 374 g/mol. The number of phenols is 1. The van der Waals surface area contributed by atoms with Crippen molar-refractivity contribution in [1.82, 2.24) is 0 Å². The SMILES string of the molecule is CCN(CC)c1ccc(C(O)(c2ccccc2)C(O)C2OCC(=O)CO2)c(O)c1. The normalized spacial score (nSPS) is 18.3. The van der Waals surface area contributed by atoms with Gasteiger partial charge in [-0.15, -0.1) is 0 Å². The Morgan fingerprint density at radius 2 is 1.72 bits per heavy atom. The van der Waals surface area contributed by atoms with Crippen LogP contribution in [0.2, 0.25) is 0 Å². The molecule has 1 saturated heterocycles. The lowest BCUT2D eigenvalue weighted by molar-refractivity contribution is -0.246. The molecule has 7 nitrogen and oxygen atoms in total. The molecular formula is C22H27NO6. The van der Waals surface area contributed by atoms with Crippen molar-refractivity contribution in [3.63, 3.8) is 0 Å². The number of hydrogen-bond donors (Lipinski definition) is 3. The van der Waals surface area contributed by atoms with Crippen LogP contribution in [-0.2, 0) is 19.9 Å². The molecule has 3 N–H and O–H groups in total. The molecule has 1 heterocycles. The van der Waals surface area contributed by atoms with E-state index in [1.807, 2.05) is 13.8 Å². The second-order valence-electron chi connectivity index (χ2n) is 6.98. The minimum absolute atomic E-state index is 0.121. The molecule has 1 aliphatic rings. The van der Waals surface area contributed by atoms with Crippen molar-refractivity contribution in [3.8, 4) is 5.75 Å². The van der Waals surface area contributed by atoms with Crippen LogP contribution in [0.3, 0.4) is 0 Å². The predicted octanol–water partition coefficient (Wildman–Crippen LogP) is 1.78. The van der Waals surface area contributed by atoms with E-state index in [1.165, 1.54) is 0 Å². The number of ether oxygens (including phenoxy) is 2. The van der Waals surface area contributed by atoms with E-state index in [1.54, 1.807) is 48.5 Å². The van der Waals surface area contributed by atoms with Gasteiger partial charge in [-0.2, -0.15) is 0 Å².